The summed E-state index contributed by atoms with van der Waals surface area (Å²) >= 11 is 0. The summed E-state index contributed by atoms with van der Waals surface area (Å²) in [6, 6.07) is 8.02. The molecule has 1 saturated carbocycles. The van der Waals surface area contributed by atoms with E-state index in [9.17, 15) is 13.2 Å². The Morgan fingerprint density at radius 1 is 1.35 bits per heavy atom. The van der Waals surface area contributed by atoms with E-state index >= 15 is 0 Å². The lowest BCUT2D eigenvalue weighted by Gasteiger charge is -2.24. The van der Waals surface area contributed by atoms with Gasteiger partial charge in [0.05, 0.1) is 5.75 Å². The van der Waals surface area contributed by atoms with E-state index < -0.39 is 10.0 Å². The van der Waals surface area contributed by atoms with Gasteiger partial charge < -0.3 is 4.90 Å². The van der Waals surface area contributed by atoms with Gasteiger partial charge in [0.1, 0.15) is 0 Å². The standard InChI is InChI=1S/C17H24N2O3S/c1-12-6-3-4-8-14(12)15-10-16(15)17(20)19-9-5-7-13(19)11-23(21,22)18-2/h3-4,6,8,13,15-16,18H,5,7,9-11H2,1-2H3/t13-,15-,16+/m0/s1. The highest BCUT2D eigenvalue weighted by Crippen LogP contribution is 2.50. The maximum atomic E-state index is 12.8. The van der Waals surface area contributed by atoms with Crippen molar-refractivity contribution in [3.05, 3.63) is 35.4 Å². The molecule has 0 unspecified atom stereocenters. The van der Waals surface area contributed by atoms with E-state index in [1.807, 2.05) is 12.1 Å². The molecular formula is C17H24N2O3S. The van der Waals surface area contributed by atoms with Crippen molar-refractivity contribution in [3.8, 4) is 0 Å². The SMILES string of the molecule is CNS(=O)(=O)C[C@@H]1CCCN1C(=O)[C@@H]1C[C@H]1c1ccccc1C. The number of hydrogen-bond acceptors (Lipinski definition) is 3. The van der Waals surface area contributed by atoms with E-state index in [2.05, 4.69) is 23.8 Å². The van der Waals surface area contributed by atoms with Crippen molar-refractivity contribution < 1.29 is 13.2 Å². The predicted octanol–water partition coefficient (Wildman–Crippen LogP) is 1.64. The van der Waals surface area contributed by atoms with Gasteiger partial charge in [0.25, 0.3) is 0 Å². The Morgan fingerprint density at radius 2 is 2.09 bits per heavy atom. The number of rotatable bonds is 5. The van der Waals surface area contributed by atoms with Crippen molar-refractivity contribution in [2.75, 3.05) is 19.3 Å². The van der Waals surface area contributed by atoms with Crippen molar-refractivity contribution in [1.82, 2.24) is 9.62 Å². The number of carbonyl (C=O) groups is 1. The largest absolute Gasteiger partial charge is 0.338 e. The molecule has 0 aromatic heterocycles. The van der Waals surface area contributed by atoms with Crippen molar-refractivity contribution in [3.63, 3.8) is 0 Å². The van der Waals surface area contributed by atoms with Crippen LogP contribution in [0.2, 0.25) is 0 Å². The van der Waals surface area contributed by atoms with E-state index in [1.165, 1.54) is 18.2 Å². The average Bonchev–Trinajstić information content (AvgIpc) is 3.19. The van der Waals surface area contributed by atoms with Crippen LogP contribution in [0.25, 0.3) is 0 Å². The predicted molar refractivity (Wildman–Crippen MR) is 89.6 cm³/mol. The monoisotopic (exact) mass is 336 g/mol. The topological polar surface area (TPSA) is 66.5 Å². The Bertz CT molecular complexity index is 702. The minimum Gasteiger partial charge on any atom is -0.338 e. The van der Waals surface area contributed by atoms with Crippen LogP contribution in [0.4, 0.5) is 0 Å². The van der Waals surface area contributed by atoms with Gasteiger partial charge >= 0.3 is 0 Å². The molecule has 23 heavy (non-hydrogen) atoms. The highest BCUT2D eigenvalue weighted by Gasteiger charge is 2.48. The van der Waals surface area contributed by atoms with Gasteiger partial charge in [0.2, 0.25) is 15.9 Å². The summed E-state index contributed by atoms with van der Waals surface area (Å²) in [5, 5.41) is 0. The third kappa shape index (κ3) is 3.43. The second-order valence-corrected chi connectivity index (χ2v) is 8.59. The summed E-state index contributed by atoms with van der Waals surface area (Å²) in [5.41, 5.74) is 2.48. The molecule has 0 spiro atoms. The first kappa shape index (κ1) is 16.5. The third-order valence-corrected chi connectivity index (χ3v) is 6.52. The molecular weight excluding hydrogens is 312 g/mol. The fraction of sp³-hybridized carbons (Fsp3) is 0.588. The van der Waals surface area contributed by atoms with Crippen LogP contribution >= 0.6 is 0 Å². The van der Waals surface area contributed by atoms with Gasteiger partial charge in [0.15, 0.2) is 0 Å². The van der Waals surface area contributed by atoms with Crippen LogP contribution in [0.15, 0.2) is 24.3 Å². The van der Waals surface area contributed by atoms with Crippen LogP contribution in [0, 0.1) is 12.8 Å². The van der Waals surface area contributed by atoms with Crippen molar-refractivity contribution in [1.29, 1.82) is 0 Å². The van der Waals surface area contributed by atoms with Crippen LogP contribution in [-0.4, -0.2) is 44.6 Å². The molecule has 0 radical (unpaired) electrons. The van der Waals surface area contributed by atoms with Gasteiger partial charge in [-0.25, -0.2) is 13.1 Å². The molecule has 1 aromatic carbocycles. The highest BCUT2D eigenvalue weighted by molar-refractivity contribution is 7.89. The molecule has 5 nitrogen and oxygen atoms in total. The van der Waals surface area contributed by atoms with Crippen LogP contribution in [0.1, 0.15) is 36.3 Å². The molecule has 1 heterocycles. The Morgan fingerprint density at radius 3 is 2.78 bits per heavy atom. The smallest absolute Gasteiger partial charge is 0.226 e. The highest BCUT2D eigenvalue weighted by atomic mass is 32.2. The number of benzene rings is 1. The van der Waals surface area contributed by atoms with E-state index in [-0.39, 0.29) is 23.6 Å². The number of sulfonamides is 1. The summed E-state index contributed by atoms with van der Waals surface area (Å²) in [5.74, 6) is 0.462. The number of aryl methyl sites for hydroxylation is 1. The normalized spacial score (nSPS) is 27.2. The van der Waals surface area contributed by atoms with E-state index in [4.69, 9.17) is 0 Å². The van der Waals surface area contributed by atoms with Gasteiger partial charge in [-0.2, -0.15) is 0 Å². The molecule has 3 atom stereocenters. The van der Waals surface area contributed by atoms with E-state index in [0.717, 1.165) is 19.3 Å². The summed E-state index contributed by atoms with van der Waals surface area (Å²) < 4.78 is 25.9. The first-order valence-electron chi connectivity index (χ1n) is 8.20. The summed E-state index contributed by atoms with van der Waals surface area (Å²) in [7, 11) is -1.87. The van der Waals surface area contributed by atoms with Crippen LogP contribution in [0.3, 0.4) is 0 Å². The molecule has 1 aromatic rings. The number of nitrogens with zero attached hydrogens (tertiary/aromatic N) is 1. The van der Waals surface area contributed by atoms with Crippen LogP contribution in [-0.2, 0) is 14.8 Å². The molecule has 1 saturated heterocycles. The lowest BCUT2D eigenvalue weighted by Crippen LogP contribution is -2.42. The molecule has 3 rings (SSSR count). The quantitative estimate of drug-likeness (QED) is 0.889. The fourth-order valence-corrected chi connectivity index (χ4v) is 4.68. The molecule has 1 aliphatic heterocycles. The van der Waals surface area contributed by atoms with Crippen molar-refractivity contribution in [2.24, 2.45) is 5.92 Å². The molecule has 1 amide bonds. The summed E-state index contributed by atoms with van der Waals surface area (Å²) in [6.07, 6.45) is 2.54. The molecule has 0 bridgehead atoms. The van der Waals surface area contributed by atoms with E-state index in [0.29, 0.717) is 12.5 Å². The average molecular weight is 336 g/mol. The van der Waals surface area contributed by atoms with Gasteiger partial charge in [-0.1, -0.05) is 24.3 Å². The first-order valence-corrected chi connectivity index (χ1v) is 9.85. The number of hydrogen-bond donors (Lipinski definition) is 1. The second kappa shape index (κ2) is 6.24. The molecule has 1 N–H and O–H groups in total. The van der Waals surface area contributed by atoms with Crippen LogP contribution < -0.4 is 4.72 Å². The van der Waals surface area contributed by atoms with Crippen LogP contribution in [0.5, 0.6) is 0 Å². The number of nitrogens with one attached hydrogen (secondary N) is 1. The number of likely N-dealkylation sites (tertiary alicyclic amines) is 1. The minimum absolute atomic E-state index is 0.0109. The lowest BCUT2D eigenvalue weighted by atomic mass is 10.0. The third-order valence-electron chi connectivity index (χ3n) is 5.08. The second-order valence-electron chi connectivity index (χ2n) is 6.62. The van der Waals surface area contributed by atoms with Gasteiger partial charge in [-0.3, -0.25) is 4.79 Å². The Labute approximate surface area is 138 Å². The lowest BCUT2D eigenvalue weighted by molar-refractivity contribution is -0.133. The molecule has 126 valence electrons. The zero-order valence-corrected chi connectivity index (χ0v) is 14.5. The van der Waals surface area contributed by atoms with Gasteiger partial charge in [-0.15, -0.1) is 0 Å². The Hall–Kier alpha value is -1.40. The summed E-state index contributed by atoms with van der Waals surface area (Å²) in [6.45, 7) is 2.76. The minimum atomic E-state index is -3.29. The maximum Gasteiger partial charge on any atom is 0.226 e. The molecule has 2 fully saturated rings. The van der Waals surface area contributed by atoms with Gasteiger partial charge in [0, 0.05) is 18.5 Å². The zero-order chi connectivity index (χ0) is 16.6. The van der Waals surface area contributed by atoms with Gasteiger partial charge in [-0.05, 0) is 50.3 Å². The van der Waals surface area contributed by atoms with E-state index in [1.54, 1.807) is 4.90 Å². The summed E-state index contributed by atoms with van der Waals surface area (Å²) in [4.78, 5) is 14.6. The molecule has 2 aliphatic rings. The molecule has 1 aliphatic carbocycles. The molecule has 6 heteroatoms. The Kier molecular flexibility index (Phi) is 4.47. The maximum absolute atomic E-state index is 12.8. The van der Waals surface area contributed by atoms with Crippen molar-refractivity contribution in [2.45, 2.75) is 38.1 Å². The fourth-order valence-electron chi connectivity index (χ4n) is 3.66. The van der Waals surface area contributed by atoms with Crippen molar-refractivity contribution >= 4 is 15.9 Å². The Balaban J connectivity index is 1.68. The zero-order valence-electron chi connectivity index (χ0n) is 13.7. The number of carbonyl (C=O) groups excluding carboxylic acids is 1. The number of amides is 1. The first-order chi connectivity index (χ1) is 10.9.